The molecule has 0 aliphatic carbocycles. The molecule has 13 heavy (non-hydrogen) atoms. The zero-order valence-corrected chi connectivity index (χ0v) is 9.79. The van der Waals surface area contributed by atoms with Gasteiger partial charge >= 0.3 is 0 Å². The van der Waals surface area contributed by atoms with E-state index >= 15 is 0 Å². The first-order valence-corrected chi connectivity index (χ1v) is 5.65. The monoisotopic (exact) mass is 245 g/mol. The molecule has 1 aromatic heterocycles. The number of alkyl halides is 1. The Morgan fingerprint density at radius 3 is 2.85 bits per heavy atom. The third-order valence-electron chi connectivity index (χ3n) is 2.00. The smallest absolute Gasteiger partial charge is 0.0764 e. The zero-order valence-electron chi connectivity index (χ0n) is 8.20. The lowest BCUT2D eigenvalue weighted by atomic mass is 10.4. The van der Waals surface area contributed by atoms with Gasteiger partial charge in [-0.2, -0.15) is 5.10 Å². The number of rotatable bonds is 5. The van der Waals surface area contributed by atoms with E-state index in [-0.39, 0.29) is 0 Å². The van der Waals surface area contributed by atoms with Crippen molar-refractivity contribution in [1.82, 2.24) is 14.7 Å². The number of hydrogen-bond donors (Lipinski definition) is 0. The van der Waals surface area contributed by atoms with Crippen molar-refractivity contribution in [3.8, 4) is 0 Å². The highest BCUT2D eigenvalue weighted by Crippen LogP contribution is 2.01. The van der Waals surface area contributed by atoms with Gasteiger partial charge in [0.25, 0.3) is 0 Å². The molecule has 1 aromatic rings. The molecule has 0 unspecified atom stereocenters. The van der Waals surface area contributed by atoms with Crippen LogP contribution in [-0.4, -0.2) is 33.1 Å². The Kier molecular flexibility index (Phi) is 4.45. The summed E-state index contributed by atoms with van der Waals surface area (Å²) in [4.78, 5) is 2.36. The highest BCUT2D eigenvalue weighted by molar-refractivity contribution is 9.09. The van der Waals surface area contributed by atoms with Crippen LogP contribution in [0, 0.1) is 0 Å². The lowest BCUT2D eigenvalue weighted by molar-refractivity contribution is 0.294. The largest absolute Gasteiger partial charge is 0.297 e. The standard InChI is InChI=1S/C9H16BrN3/c1-3-13(7-5-10)8-9-4-6-12(2)11-9/h4,6H,3,5,7-8H2,1-2H3. The predicted octanol–water partition coefficient (Wildman–Crippen LogP) is 1.64. The topological polar surface area (TPSA) is 21.1 Å². The highest BCUT2D eigenvalue weighted by atomic mass is 79.9. The molecular formula is C9H16BrN3. The third-order valence-corrected chi connectivity index (χ3v) is 2.36. The summed E-state index contributed by atoms with van der Waals surface area (Å²) in [6.07, 6.45) is 1.98. The van der Waals surface area contributed by atoms with E-state index in [1.165, 1.54) is 0 Å². The molecule has 0 spiro atoms. The molecular weight excluding hydrogens is 230 g/mol. The number of aryl methyl sites for hydroxylation is 1. The summed E-state index contributed by atoms with van der Waals surface area (Å²) in [5.41, 5.74) is 1.14. The fraction of sp³-hybridized carbons (Fsp3) is 0.667. The van der Waals surface area contributed by atoms with Gasteiger partial charge in [-0.3, -0.25) is 9.58 Å². The zero-order chi connectivity index (χ0) is 9.68. The summed E-state index contributed by atoms with van der Waals surface area (Å²) in [7, 11) is 1.95. The summed E-state index contributed by atoms with van der Waals surface area (Å²) in [5, 5.41) is 5.36. The Morgan fingerprint density at radius 1 is 1.62 bits per heavy atom. The second kappa shape index (κ2) is 5.40. The summed E-state index contributed by atoms with van der Waals surface area (Å²) < 4.78 is 1.84. The van der Waals surface area contributed by atoms with Crippen LogP contribution in [0.15, 0.2) is 12.3 Å². The minimum Gasteiger partial charge on any atom is -0.297 e. The van der Waals surface area contributed by atoms with Crippen LogP contribution >= 0.6 is 15.9 Å². The fourth-order valence-corrected chi connectivity index (χ4v) is 1.75. The second-order valence-corrected chi connectivity index (χ2v) is 3.83. The van der Waals surface area contributed by atoms with Crippen molar-refractivity contribution in [2.24, 2.45) is 7.05 Å². The van der Waals surface area contributed by atoms with Crippen LogP contribution in [0.4, 0.5) is 0 Å². The van der Waals surface area contributed by atoms with Crippen molar-refractivity contribution in [2.75, 3.05) is 18.4 Å². The maximum Gasteiger partial charge on any atom is 0.0764 e. The van der Waals surface area contributed by atoms with Gasteiger partial charge in [0.2, 0.25) is 0 Å². The Hall–Kier alpha value is -0.350. The Balaban J connectivity index is 2.46. The average Bonchev–Trinajstić information content (AvgIpc) is 2.50. The minimum atomic E-state index is 0.947. The number of halogens is 1. The van der Waals surface area contributed by atoms with Crippen molar-refractivity contribution in [3.63, 3.8) is 0 Å². The van der Waals surface area contributed by atoms with Gasteiger partial charge in [-0.1, -0.05) is 22.9 Å². The van der Waals surface area contributed by atoms with Crippen LogP contribution in [0.5, 0.6) is 0 Å². The molecule has 0 saturated carbocycles. The molecule has 1 heterocycles. The van der Waals surface area contributed by atoms with E-state index in [2.05, 4.69) is 38.9 Å². The molecule has 1 rings (SSSR count). The second-order valence-electron chi connectivity index (χ2n) is 3.04. The van der Waals surface area contributed by atoms with Gasteiger partial charge in [0, 0.05) is 31.7 Å². The van der Waals surface area contributed by atoms with Crippen LogP contribution < -0.4 is 0 Å². The van der Waals surface area contributed by atoms with Crippen molar-refractivity contribution in [3.05, 3.63) is 18.0 Å². The summed E-state index contributed by atoms with van der Waals surface area (Å²) in [6, 6.07) is 2.07. The molecule has 0 fully saturated rings. The molecule has 0 aliphatic rings. The van der Waals surface area contributed by atoms with E-state index in [9.17, 15) is 0 Å². The summed E-state index contributed by atoms with van der Waals surface area (Å²) in [5.74, 6) is 0. The van der Waals surface area contributed by atoms with Gasteiger partial charge in [-0.15, -0.1) is 0 Å². The molecule has 0 aromatic carbocycles. The van der Waals surface area contributed by atoms with Crippen molar-refractivity contribution in [1.29, 1.82) is 0 Å². The SMILES string of the molecule is CCN(CCBr)Cc1ccn(C)n1. The number of hydrogen-bond acceptors (Lipinski definition) is 2. The molecule has 0 bridgehead atoms. The number of nitrogens with zero attached hydrogens (tertiary/aromatic N) is 3. The lowest BCUT2D eigenvalue weighted by Crippen LogP contribution is -2.25. The van der Waals surface area contributed by atoms with E-state index in [1.54, 1.807) is 0 Å². The highest BCUT2D eigenvalue weighted by Gasteiger charge is 2.04. The maximum absolute atomic E-state index is 4.34. The van der Waals surface area contributed by atoms with Crippen LogP contribution in [0.3, 0.4) is 0 Å². The Labute approximate surface area is 87.9 Å². The molecule has 0 saturated heterocycles. The van der Waals surface area contributed by atoms with E-state index in [1.807, 2.05) is 17.9 Å². The quantitative estimate of drug-likeness (QED) is 0.736. The average molecular weight is 246 g/mol. The first-order chi connectivity index (χ1) is 6.26. The van der Waals surface area contributed by atoms with Crippen LogP contribution in [0.25, 0.3) is 0 Å². The molecule has 0 amide bonds. The predicted molar refractivity (Wildman–Crippen MR) is 58.0 cm³/mol. The summed E-state index contributed by atoms with van der Waals surface area (Å²) >= 11 is 3.44. The Morgan fingerprint density at radius 2 is 2.38 bits per heavy atom. The minimum absolute atomic E-state index is 0.947. The van der Waals surface area contributed by atoms with Gasteiger partial charge in [0.05, 0.1) is 5.69 Å². The number of aromatic nitrogens is 2. The van der Waals surface area contributed by atoms with Gasteiger partial charge in [0.1, 0.15) is 0 Å². The van der Waals surface area contributed by atoms with Crippen LogP contribution in [-0.2, 0) is 13.6 Å². The van der Waals surface area contributed by atoms with Crippen molar-refractivity contribution < 1.29 is 0 Å². The lowest BCUT2D eigenvalue weighted by Gasteiger charge is -2.17. The first-order valence-electron chi connectivity index (χ1n) is 4.53. The van der Waals surface area contributed by atoms with E-state index in [0.29, 0.717) is 0 Å². The molecule has 3 nitrogen and oxygen atoms in total. The van der Waals surface area contributed by atoms with E-state index in [0.717, 1.165) is 30.7 Å². The maximum atomic E-state index is 4.34. The molecule has 0 aliphatic heterocycles. The molecule has 4 heteroatoms. The first kappa shape index (κ1) is 10.7. The normalized spacial score (nSPS) is 11.1. The molecule has 0 radical (unpaired) electrons. The van der Waals surface area contributed by atoms with E-state index < -0.39 is 0 Å². The Bertz CT molecular complexity index is 247. The van der Waals surface area contributed by atoms with Crippen molar-refractivity contribution >= 4 is 15.9 Å². The van der Waals surface area contributed by atoms with Crippen LogP contribution in [0.2, 0.25) is 0 Å². The van der Waals surface area contributed by atoms with Gasteiger partial charge in [-0.25, -0.2) is 0 Å². The van der Waals surface area contributed by atoms with Crippen LogP contribution in [0.1, 0.15) is 12.6 Å². The fourth-order valence-electron chi connectivity index (χ4n) is 1.25. The molecule has 0 N–H and O–H groups in total. The van der Waals surface area contributed by atoms with Gasteiger partial charge < -0.3 is 0 Å². The summed E-state index contributed by atoms with van der Waals surface area (Å²) in [6.45, 7) is 5.27. The van der Waals surface area contributed by atoms with Gasteiger partial charge in [0.15, 0.2) is 0 Å². The van der Waals surface area contributed by atoms with Gasteiger partial charge in [-0.05, 0) is 12.6 Å². The van der Waals surface area contributed by atoms with E-state index in [4.69, 9.17) is 0 Å². The molecule has 0 atom stereocenters. The van der Waals surface area contributed by atoms with Crippen molar-refractivity contribution in [2.45, 2.75) is 13.5 Å². The third kappa shape index (κ3) is 3.48. The molecule has 74 valence electrons.